The molecule has 0 atom stereocenters. The number of imide groups is 1. The third kappa shape index (κ3) is 4.76. The summed E-state index contributed by atoms with van der Waals surface area (Å²) in [6.07, 6.45) is 0. The van der Waals surface area contributed by atoms with Gasteiger partial charge in [-0.2, -0.15) is 0 Å². The second-order valence-electron chi connectivity index (χ2n) is 13.1. The monoisotopic (exact) mass is 644 g/mol. The predicted molar refractivity (Wildman–Crippen MR) is 204 cm³/mol. The van der Waals surface area contributed by atoms with E-state index in [0.29, 0.717) is 22.5 Å². The van der Waals surface area contributed by atoms with Crippen LogP contribution in [-0.2, 0) is 0 Å². The van der Waals surface area contributed by atoms with Gasteiger partial charge in [0.25, 0.3) is 11.8 Å². The molecule has 1 aromatic heterocycles. The number of aromatic nitrogens is 1. The number of nitrogens with zero attached hydrogens (tertiary/aromatic N) is 2. The van der Waals surface area contributed by atoms with E-state index >= 15 is 0 Å². The molecule has 9 rings (SSSR count). The Morgan fingerprint density at radius 1 is 0.420 bits per heavy atom. The van der Waals surface area contributed by atoms with Crippen LogP contribution < -0.4 is 4.90 Å². The molecule has 0 aliphatic carbocycles. The number of rotatable bonds is 5. The molecule has 2 amide bonds. The highest BCUT2D eigenvalue weighted by atomic mass is 16.2. The highest BCUT2D eigenvalue weighted by molar-refractivity contribution is 6.35. The van der Waals surface area contributed by atoms with E-state index in [1.165, 1.54) is 16.0 Å². The lowest BCUT2D eigenvalue weighted by Crippen LogP contribution is -2.29. The molecule has 7 aromatic carbocycles. The number of amides is 2. The Balaban J connectivity index is 1.25. The van der Waals surface area contributed by atoms with Crippen LogP contribution in [0.1, 0.15) is 31.8 Å². The third-order valence-electron chi connectivity index (χ3n) is 9.84. The van der Waals surface area contributed by atoms with Crippen LogP contribution >= 0.6 is 0 Å². The van der Waals surface area contributed by atoms with Gasteiger partial charge < -0.3 is 4.57 Å². The van der Waals surface area contributed by atoms with Gasteiger partial charge in [0.05, 0.1) is 33.5 Å². The standard InChI is InChI=1S/C46H32N2O2/c1-29-9-6-13-33(25-29)35-19-23-38-39-24-20-36(34-14-7-10-30(2)26-34)28-43(39)48(42(38)27-35)41-16-8-15-40-44(41)46(50)47(45(40)49)37-21-17-32(18-22-37)31-11-4-3-5-12-31/h3-28H,1-2H3. The molecule has 2 heterocycles. The number of hydrogen-bond donors (Lipinski definition) is 0. The topological polar surface area (TPSA) is 42.3 Å². The summed E-state index contributed by atoms with van der Waals surface area (Å²) in [4.78, 5) is 29.9. The second kappa shape index (κ2) is 11.6. The minimum Gasteiger partial charge on any atom is -0.308 e. The summed E-state index contributed by atoms with van der Waals surface area (Å²) in [5.74, 6) is -0.645. The van der Waals surface area contributed by atoms with Crippen LogP contribution in [-0.4, -0.2) is 16.4 Å². The fourth-order valence-electron chi connectivity index (χ4n) is 7.41. The number of carbonyl (C=O) groups is 2. The van der Waals surface area contributed by atoms with Crippen molar-refractivity contribution in [3.63, 3.8) is 0 Å². The van der Waals surface area contributed by atoms with Gasteiger partial charge in [-0.15, -0.1) is 0 Å². The molecule has 238 valence electrons. The lowest BCUT2D eigenvalue weighted by molar-refractivity contribution is 0.0926. The fraction of sp³-hybridized carbons (Fsp3) is 0.0435. The smallest absolute Gasteiger partial charge is 0.268 e. The van der Waals surface area contributed by atoms with Gasteiger partial charge in [-0.1, -0.05) is 132 Å². The third-order valence-corrected chi connectivity index (χ3v) is 9.84. The van der Waals surface area contributed by atoms with E-state index < -0.39 is 0 Å². The van der Waals surface area contributed by atoms with Gasteiger partial charge >= 0.3 is 0 Å². The van der Waals surface area contributed by atoms with Crippen molar-refractivity contribution in [1.29, 1.82) is 0 Å². The van der Waals surface area contributed by atoms with Crippen LogP contribution in [0.15, 0.2) is 158 Å². The molecular formula is C46H32N2O2. The van der Waals surface area contributed by atoms with E-state index in [-0.39, 0.29) is 11.8 Å². The van der Waals surface area contributed by atoms with Crippen molar-refractivity contribution in [2.75, 3.05) is 4.90 Å². The van der Waals surface area contributed by atoms with Crippen molar-refractivity contribution in [2.24, 2.45) is 0 Å². The highest BCUT2D eigenvalue weighted by Crippen LogP contribution is 2.40. The Kier molecular flexibility index (Phi) is 6.85. The first kappa shape index (κ1) is 29.6. The normalized spacial score (nSPS) is 12.6. The van der Waals surface area contributed by atoms with Crippen LogP contribution in [0.2, 0.25) is 0 Å². The van der Waals surface area contributed by atoms with Gasteiger partial charge in [0.2, 0.25) is 0 Å². The Morgan fingerprint density at radius 2 is 0.920 bits per heavy atom. The summed E-state index contributed by atoms with van der Waals surface area (Å²) < 4.78 is 2.18. The molecule has 1 aliphatic heterocycles. The van der Waals surface area contributed by atoms with E-state index in [2.05, 4.69) is 103 Å². The van der Waals surface area contributed by atoms with Gasteiger partial charge in [0, 0.05) is 10.8 Å². The van der Waals surface area contributed by atoms with Crippen LogP contribution in [0.4, 0.5) is 5.69 Å². The second-order valence-corrected chi connectivity index (χ2v) is 13.1. The largest absolute Gasteiger partial charge is 0.308 e. The van der Waals surface area contributed by atoms with Gasteiger partial charge in [-0.05, 0) is 83.6 Å². The average Bonchev–Trinajstić information content (AvgIpc) is 3.61. The molecule has 0 bridgehead atoms. The van der Waals surface area contributed by atoms with Gasteiger partial charge in [0.15, 0.2) is 0 Å². The van der Waals surface area contributed by atoms with Crippen molar-refractivity contribution >= 4 is 39.3 Å². The quantitative estimate of drug-likeness (QED) is 0.175. The summed E-state index contributed by atoms with van der Waals surface area (Å²) in [6.45, 7) is 4.20. The maximum absolute atomic E-state index is 14.5. The van der Waals surface area contributed by atoms with E-state index in [4.69, 9.17) is 0 Å². The molecule has 8 aromatic rings. The average molecular weight is 645 g/mol. The van der Waals surface area contributed by atoms with E-state index in [9.17, 15) is 9.59 Å². The molecule has 0 spiro atoms. The van der Waals surface area contributed by atoms with Crippen molar-refractivity contribution in [1.82, 2.24) is 4.57 Å². The summed E-state index contributed by atoms with van der Waals surface area (Å²) in [7, 11) is 0. The molecule has 4 nitrogen and oxygen atoms in total. The predicted octanol–water partition coefficient (Wildman–Crippen LogP) is 11.2. The fourth-order valence-corrected chi connectivity index (χ4v) is 7.41. The van der Waals surface area contributed by atoms with Crippen LogP contribution in [0, 0.1) is 13.8 Å². The zero-order valence-electron chi connectivity index (χ0n) is 27.7. The first-order chi connectivity index (χ1) is 24.4. The lowest BCUT2D eigenvalue weighted by atomic mass is 10.0. The van der Waals surface area contributed by atoms with Crippen molar-refractivity contribution in [2.45, 2.75) is 13.8 Å². The number of anilines is 1. The Labute approximate surface area is 290 Å². The minimum absolute atomic E-state index is 0.319. The number of carbonyl (C=O) groups excluding carboxylic acids is 2. The summed E-state index contributed by atoms with van der Waals surface area (Å²) in [5.41, 5.74) is 12.9. The molecule has 0 unspecified atom stereocenters. The Morgan fingerprint density at radius 3 is 1.50 bits per heavy atom. The first-order valence-electron chi connectivity index (χ1n) is 16.8. The molecule has 50 heavy (non-hydrogen) atoms. The van der Waals surface area contributed by atoms with Gasteiger partial charge in [-0.3, -0.25) is 9.59 Å². The van der Waals surface area contributed by atoms with Gasteiger partial charge in [0.1, 0.15) is 0 Å². The summed E-state index contributed by atoms with van der Waals surface area (Å²) >= 11 is 0. The number of hydrogen-bond acceptors (Lipinski definition) is 2. The van der Waals surface area contributed by atoms with E-state index in [1.54, 1.807) is 6.07 Å². The maximum Gasteiger partial charge on any atom is 0.268 e. The molecule has 1 aliphatic rings. The van der Waals surface area contributed by atoms with Crippen molar-refractivity contribution < 1.29 is 9.59 Å². The molecule has 0 N–H and O–H groups in total. The first-order valence-corrected chi connectivity index (χ1v) is 16.8. The summed E-state index contributed by atoms with van der Waals surface area (Å²) in [5, 5.41) is 2.16. The molecule has 0 saturated heterocycles. The SMILES string of the molecule is Cc1cccc(-c2ccc3c4ccc(-c5cccc(C)c5)cc4n(-c4cccc5c4C(=O)N(c4ccc(-c6ccccc6)cc4)C5=O)c3c2)c1. The number of benzene rings is 7. The Hall–Kier alpha value is -6.52. The molecular weight excluding hydrogens is 613 g/mol. The van der Waals surface area contributed by atoms with Crippen molar-refractivity contribution in [3.8, 4) is 39.1 Å². The van der Waals surface area contributed by atoms with Crippen LogP contribution in [0.25, 0.3) is 60.9 Å². The summed E-state index contributed by atoms with van der Waals surface area (Å²) in [6, 6.07) is 53.4. The molecule has 4 heteroatoms. The van der Waals surface area contributed by atoms with Crippen LogP contribution in [0.3, 0.4) is 0 Å². The van der Waals surface area contributed by atoms with E-state index in [1.807, 2.05) is 66.7 Å². The maximum atomic E-state index is 14.5. The zero-order chi connectivity index (χ0) is 33.9. The number of aryl methyl sites for hydroxylation is 2. The molecule has 0 saturated carbocycles. The van der Waals surface area contributed by atoms with Crippen molar-refractivity contribution in [3.05, 3.63) is 180 Å². The molecule has 0 radical (unpaired) electrons. The lowest BCUT2D eigenvalue weighted by Gasteiger charge is -2.16. The highest BCUT2D eigenvalue weighted by Gasteiger charge is 2.39. The number of fused-ring (bicyclic) bond motifs is 4. The minimum atomic E-state index is -0.326. The Bertz CT molecular complexity index is 2550. The zero-order valence-corrected chi connectivity index (χ0v) is 27.7. The van der Waals surface area contributed by atoms with E-state index in [0.717, 1.165) is 55.2 Å². The molecule has 0 fully saturated rings. The van der Waals surface area contributed by atoms with Gasteiger partial charge in [-0.25, -0.2) is 4.90 Å². The van der Waals surface area contributed by atoms with Crippen LogP contribution in [0.5, 0.6) is 0 Å².